The number of halogens is 2. The molecule has 0 aromatic carbocycles. The maximum atomic E-state index is 6.00. The van der Waals surface area contributed by atoms with E-state index >= 15 is 0 Å². The Balaban J connectivity index is 0.000000845. The number of pyridine rings is 1. The van der Waals surface area contributed by atoms with Gasteiger partial charge in [-0.15, -0.1) is 12.4 Å². The zero-order chi connectivity index (χ0) is 8.72. The Morgan fingerprint density at radius 2 is 2.23 bits per heavy atom. The van der Waals surface area contributed by atoms with Crippen molar-refractivity contribution in [2.45, 2.75) is 19.4 Å². The number of fused-ring (bicyclic) bond motifs is 1. The van der Waals surface area contributed by atoms with Crippen LogP contribution < -0.4 is 5.73 Å². The van der Waals surface area contributed by atoms with Gasteiger partial charge in [-0.2, -0.15) is 0 Å². The first-order chi connectivity index (χ1) is 5.70. The molecule has 2 rings (SSSR count). The van der Waals surface area contributed by atoms with Gasteiger partial charge in [0.1, 0.15) is 0 Å². The van der Waals surface area contributed by atoms with Gasteiger partial charge in [-0.25, -0.2) is 0 Å². The standard InChI is InChI=1S/C9H11BrN2.ClH/c1-5-2-6-7(9(5)11)3-12-4-8(6)10;/h3-5,9H,2,11H2,1H3;1H. The van der Waals surface area contributed by atoms with E-state index in [2.05, 4.69) is 27.8 Å². The van der Waals surface area contributed by atoms with Crippen molar-refractivity contribution in [3.05, 3.63) is 28.0 Å². The highest BCUT2D eigenvalue weighted by atomic mass is 79.9. The summed E-state index contributed by atoms with van der Waals surface area (Å²) in [5.41, 5.74) is 8.54. The van der Waals surface area contributed by atoms with Crippen LogP contribution in [0.15, 0.2) is 16.9 Å². The van der Waals surface area contributed by atoms with Crippen LogP contribution in [0.3, 0.4) is 0 Å². The van der Waals surface area contributed by atoms with Gasteiger partial charge in [-0.05, 0) is 39.4 Å². The Kier molecular flexibility index (Phi) is 3.33. The summed E-state index contributed by atoms with van der Waals surface area (Å²) < 4.78 is 1.10. The second-order valence-corrected chi connectivity index (χ2v) is 4.25. The normalized spacial score (nSPS) is 25.2. The largest absolute Gasteiger partial charge is 0.324 e. The quantitative estimate of drug-likeness (QED) is 0.781. The average Bonchev–Trinajstić information content (AvgIpc) is 2.32. The smallest absolute Gasteiger partial charge is 0.0413 e. The summed E-state index contributed by atoms with van der Waals surface area (Å²) in [6, 6.07) is 0.171. The van der Waals surface area contributed by atoms with Gasteiger partial charge in [0.2, 0.25) is 0 Å². The van der Waals surface area contributed by atoms with Crippen molar-refractivity contribution in [3.8, 4) is 0 Å². The van der Waals surface area contributed by atoms with E-state index in [9.17, 15) is 0 Å². The minimum atomic E-state index is 0. The van der Waals surface area contributed by atoms with Crippen LogP contribution in [0, 0.1) is 5.92 Å². The number of hydrogen-bond acceptors (Lipinski definition) is 2. The molecule has 0 spiro atoms. The number of nitrogens with two attached hydrogens (primary N) is 1. The lowest BCUT2D eigenvalue weighted by Gasteiger charge is -2.08. The fraction of sp³-hybridized carbons (Fsp3) is 0.444. The van der Waals surface area contributed by atoms with E-state index in [-0.39, 0.29) is 18.4 Å². The third-order valence-electron chi connectivity index (χ3n) is 2.54. The van der Waals surface area contributed by atoms with Gasteiger partial charge >= 0.3 is 0 Å². The summed E-state index contributed by atoms with van der Waals surface area (Å²) >= 11 is 3.48. The van der Waals surface area contributed by atoms with Crippen LogP contribution in [-0.4, -0.2) is 4.98 Å². The monoisotopic (exact) mass is 262 g/mol. The van der Waals surface area contributed by atoms with Gasteiger partial charge in [0.25, 0.3) is 0 Å². The zero-order valence-electron chi connectivity index (χ0n) is 7.33. The second kappa shape index (κ2) is 3.95. The molecule has 2 unspecified atom stereocenters. The second-order valence-electron chi connectivity index (χ2n) is 3.40. The van der Waals surface area contributed by atoms with Crippen LogP contribution in [-0.2, 0) is 6.42 Å². The molecule has 0 saturated carbocycles. The molecule has 1 aliphatic carbocycles. The summed E-state index contributed by atoms with van der Waals surface area (Å²) in [6.07, 6.45) is 4.79. The number of aromatic nitrogens is 1. The van der Waals surface area contributed by atoms with Gasteiger partial charge < -0.3 is 5.73 Å². The molecule has 1 heterocycles. The third-order valence-corrected chi connectivity index (χ3v) is 3.22. The third kappa shape index (κ3) is 1.73. The fourth-order valence-electron chi connectivity index (χ4n) is 1.73. The zero-order valence-corrected chi connectivity index (χ0v) is 9.73. The predicted molar refractivity (Wildman–Crippen MR) is 59.0 cm³/mol. The number of rotatable bonds is 0. The molecule has 1 aromatic rings. The highest BCUT2D eigenvalue weighted by Crippen LogP contribution is 2.36. The van der Waals surface area contributed by atoms with E-state index in [4.69, 9.17) is 5.73 Å². The maximum Gasteiger partial charge on any atom is 0.0413 e. The Labute approximate surface area is 92.5 Å². The van der Waals surface area contributed by atoms with Crippen LogP contribution in [0.5, 0.6) is 0 Å². The fourth-order valence-corrected chi connectivity index (χ4v) is 2.24. The molecule has 4 heteroatoms. The molecular formula is C9H12BrClN2. The lowest BCUT2D eigenvalue weighted by atomic mass is 10.1. The molecule has 0 saturated heterocycles. The molecule has 2 N–H and O–H groups in total. The topological polar surface area (TPSA) is 38.9 Å². The van der Waals surface area contributed by atoms with Gasteiger partial charge in [0, 0.05) is 22.9 Å². The molecular weight excluding hydrogens is 251 g/mol. The van der Waals surface area contributed by atoms with Crippen LogP contribution in [0.4, 0.5) is 0 Å². The van der Waals surface area contributed by atoms with Crippen LogP contribution in [0.25, 0.3) is 0 Å². The maximum absolute atomic E-state index is 6.00. The van der Waals surface area contributed by atoms with Gasteiger partial charge in [-0.1, -0.05) is 6.92 Å². The van der Waals surface area contributed by atoms with Crippen LogP contribution >= 0.6 is 28.3 Å². The Morgan fingerprint density at radius 3 is 2.85 bits per heavy atom. The summed E-state index contributed by atoms with van der Waals surface area (Å²) in [4.78, 5) is 4.11. The molecule has 0 fully saturated rings. The summed E-state index contributed by atoms with van der Waals surface area (Å²) in [7, 11) is 0. The van der Waals surface area contributed by atoms with Crippen molar-refractivity contribution in [2.24, 2.45) is 11.7 Å². The minimum absolute atomic E-state index is 0. The molecule has 72 valence electrons. The summed E-state index contributed by atoms with van der Waals surface area (Å²) in [6.45, 7) is 2.18. The first-order valence-electron chi connectivity index (χ1n) is 4.08. The number of nitrogens with zero attached hydrogens (tertiary/aromatic N) is 1. The molecule has 2 nitrogen and oxygen atoms in total. The van der Waals surface area contributed by atoms with Crippen molar-refractivity contribution in [1.29, 1.82) is 0 Å². The minimum Gasteiger partial charge on any atom is -0.324 e. The van der Waals surface area contributed by atoms with E-state index in [0.29, 0.717) is 5.92 Å². The van der Waals surface area contributed by atoms with E-state index < -0.39 is 0 Å². The van der Waals surface area contributed by atoms with Crippen LogP contribution in [0.1, 0.15) is 24.1 Å². The lowest BCUT2D eigenvalue weighted by Crippen LogP contribution is -2.13. The highest BCUT2D eigenvalue weighted by molar-refractivity contribution is 9.10. The van der Waals surface area contributed by atoms with E-state index in [1.54, 1.807) is 0 Å². The SMILES string of the molecule is CC1Cc2c(Br)cncc2C1N.Cl. The molecule has 1 aliphatic rings. The molecule has 0 aliphatic heterocycles. The summed E-state index contributed by atoms with van der Waals surface area (Å²) in [5.74, 6) is 0.542. The van der Waals surface area contributed by atoms with E-state index in [1.165, 1.54) is 11.1 Å². The highest BCUT2D eigenvalue weighted by Gasteiger charge is 2.27. The predicted octanol–water partition coefficient (Wildman–Crippen LogP) is 2.46. The van der Waals surface area contributed by atoms with Crippen LogP contribution in [0.2, 0.25) is 0 Å². The van der Waals surface area contributed by atoms with Crippen molar-refractivity contribution in [3.63, 3.8) is 0 Å². The molecule has 0 bridgehead atoms. The first kappa shape index (κ1) is 11.0. The Hall–Kier alpha value is -0.120. The van der Waals surface area contributed by atoms with Gasteiger partial charge in [-0.3, -0.25) is 4.98 Å². The molecule has 1 aromatic heterocycles. The van der Waals surface area contributed by atoms with Gasteiger partial charge in [0.15, 0.2) is 0 Å². The molecule has 0 amide bonds. The van der Waals surface area contributed by atoms with E-state index in [1.807, 2.05) is 12.4 Å². The Bertz CT molecular complexity index is 316. The van der Waals surface area contributed by atoms with Crippen molar-refractivity contribution < 1.29 is 0 Å². The average molecular weight is 264 g/mol. The molecule has 0 radical (unpaired) electrons. The molecule has 13 heavy (non-hydrogen) atoms. The Morgan fingerprint density at radius 1 is 1.54 bits per heavy atom. The lowest BCUT2D eigenvalue weighted by molar-refractivity contribution is 0.512. The van der Waals surface area contributed by atoms with Gasteiger partial charge in [0.05, 0.1) is 0 Å². The van der Waals surface area contributed by atoms with E-state index in [0.717, 1.165) is 10.9 Å². The number of hydrogen-bond donors (Lipinski definition) is 1. The van der Waals surface area contributed by atoms with Crippen molar-refractivity contribution in [2.75, 3.05) is 0 Å². The molecule has 2 atom stereocenters. The van der Waals surface area contributed by atoms with Crippen molar-refractivity contribution >= 4 is 28.3 Å². The summed E-state index contributed by atoms with van der Waals surface area (Å²) in [5, 5.41) is 0. The van der Waals surface area contributed by atoms with Crippen molar-refractivity contribution in [1.82, 2.24) is 4.98 Å². The first-order valence-corrected chi connectivity index (χ1v) is 4.87.